The van der Waals surface area contributed by atoms with Gasteiger partial charge in [0.1, 0.15) is 0 Å². The summed E-state index contributed by atoms with van der Waals surface area (Å²) in [5, 5.41) is 3.52. The van der Waals surface area contributed by atoms with Crippen LogP contribution < -0.4 is 10.2 Å². The smallest absolute Gasteiger partial charge is 0.0368 e. The van der Waals surface area contributed by atoms with Crippen LogP contribution in [-0.4, -0.2) is 26.2 Å². The molecule has 0 aliphatic carbocycles. The van der Waals surface area contributed by atoms with Crippen LogP contribution in [0.5, 0.6) is 0 Å². The average molecular weight is 290 g/mol. The predicted octanol–water partition coefficient (Wildman–Crippen LogP) is 4.63. The van der Waals surface area contributed by atoms with E-state index in [-0.39, 0.29) is 0 Å². The van der Waals surface area contributed by atoms with E-state index in [1.54, 1.807) is 0 Å². The monoisotopic (exact) mass is 290 g/mol. The molecule has 0 spiro atoms. The minimum Gasteiger partial charge on any atom is -0.372 e. The summed E-state index contributed by atoms with van der Waals surface area (Å²) in [6, 6.07) is 8.85. The molecule has 0 heterocycles. The largest absolute Gasteiger partial charge is 0.372 e. The molecule has 0 fully saturated rings. The van der Waals surface area contributed by atoms with Crippen LogP contribution in [0.3, 0.4) is 0 Å². The zero-order valence-corrected chi connectivity index (χ0v) is 14.5. The zero-order chi connectivity index (χ0) is 15.5. The summed E-state index contributed by atoms with van der Waals surface area (Å²) in [6.45, 7) is 13.5. The van der Waals surface area contributed by atoms with Crippen molar-refractivity contribution in [1.29, 1.82) is 0 Å². The van der Waals surface area contributed by atoms with Crippen LogP contribution in [0.4, 0.5) is 5.69 Å². The Bertz CT molecular complexity index is 374. The molecule has 1 aromatic carbocycles. The highest BCUT2D eigenvalue weighted by Gasteiger charge is 2.03. The molecule has 0 unspecified atom stereocenters. The van der Waals surface area contributed by atoms with Crippen molar-refractivity contribution in [3.8, 4) is 0 Å². The first-order valence-electron chi connectivity index (χ1n) is 8.65. The van der Waals surface area contributed by atoms with Crippen LogP contribution in [0.2, 0.25) is 0 Å². The number of nitrogens with zero attached hydrogens (tertiary/aromatic N) is 1. The molecular formula is C19H34N2. The summed E-state index contributed by atoms with van der Waals surface area (Å²) in [6.07, 6.45) is 5.29. The van der Waals surface area contributed by atoms with E-state index in [4.69, 9.17) is 0 Å². The lowest BCUT2D eigenvalue weighted by Crippen LogP contribution is -2.24. The van der Waals surface area contributed by atoms with Gasteiger partial charge in [-0.2, -0.15) is 0 Å². The molecule has 0 aliphatic heterocycles. The number of nitrogens with one attached hydrogen (secondary N) is 1. The molecule has 0 saturated carbocycles. The van der Waals surface area contributed by atoms with Crippen molar-refractivity contribution in [3.63, 3.8) is 0 Å². The molecule has 2 nitrogen and oxygen atoms in total. The first-order valence-corrected chi connectivity index (χ1v) is 8.65. The first kappa shape index (κ1) is 18.0. The van der Waals surface area contributed by atoms with Crippen molar-refractivity contribution in [2.45, 2.75) is 53.4 Å². The SMILES string of the molecule is CCN(CCCCCCNCC(C)C)c1cccc(C)c1. The van der Waals surface area contributed by atoms with Gasteiger partial charge in [-0.05, 0) is 63.4 Å². The maximum atomic E-state index is 3.52. The maximum absolute atomic E-state index is 3.52. The standard InChI is InChI=1S/C19H34N2/c1-5-21(19-12-10-11-18(4)15-19)14-9-7-6-8-13-20-16-17(2)3/h10-12,15,17,20H,5-9,13-14,16H2,1-4H3. The molecule has 1 N–H and O–H groups in total. The minimum absolute atomic E-state index is 0.762. The predicted molar refractivity (Wildman–Crippen MR) is 95.2 cm³/mol. The van der Waals surface area contributed by atoms with E-state index < -0.39 is 0 Å². The Labute approximate surface area is 131 Å². The molecule has 120 valence electrons. The normalized spacial score (nSPS) is 11.1. The van der Waals surface area contributed by atoms with Gasteiger partial charge < -0.3 is 10.2 Å². The number of hydrogen-bond acceptors (Lipinski definition) is 2. The van der Waals surface area contributed by atoms with E-state index in [2.05, 4.69) is 62.2 Å². The molecule has 0 saturated heterocycles. The second-order valence-corrected chi connectivity index (χ2v) is 6.43. The van der Waals surface area contributed by atoms with Gasteiger partial charge in [-0.15, -0.1) is 0 Å². The lowest BCUT2D eigenvalue weighted by atomic mass is 10.1. The highest BCUT2D eigenvalue weighted by Crippen LogP contribution is 2.16. The number of benzene rings is 1. The summed E-state index contributed by atoms with van der Waals surface area (Å²) < 4.78 is 0. The summed E-state index contributed by atoms with van der Waals surface area (Å²) in [4.78, 5) is 2.49. The molecule has 0 bridgehead atoms. The van der Waals surface area contributed by atoms with E-state index >= 15 is 0 Å². The Morgan fingerprint density at radius 3 is 2.52 bits per heavy atom. The fourth-order valence-electron chi connectivity index (χ4n) is 2.59. The van der Waals surface area contributed by atoms with Gasteiger partial charge in [-0.25, -0.2) is 0 Å². The Kier molecular flexibility index (Phi) is 9.16. The molecule has 0 aromatic heterocycles. The third kappa shape index (κ3) is 8.11. The number of hydrogen-bond donors (Lipinski definition) is 1. The van der Waals surface area contributed by atoms with Gasteiger partial charge in [0.2, 0.25) is 0 Å². The molecular weight excluding hydrogens is 256 g/mol. The Hall–Kier alpha value is -1.02. The van der Waals surface area contributed by atoms with Gasteiger partial charge in [-0.1, -0.05) is 38.8 Å². The van der Waals surface area contributed by atoms with E-state index in [0.717, 1.165) is 19.0 Å². The molecule has 0 atom stereocenters. The molecule has 0 aliphatic rings. The summed E-state index contributed by atoms with van der Waals surface area (Å²) in [5.41, 5.74) is 2.72. The van der Waals surface area contributed by atoms with Crippen molar-refractivity contribution < 1.29 is 0 Å². The van der Waals surface area contributed by atoms with Gasteiger partial charge in [0.05, 0.1) is 0 Å². The van der Waals surface area contributed by atoms with Crippen molar-refractivity contribution in [3.05, 3.63) is 29.8 Å². The van der Waals surface area contributed by atoms with Crippen LogP contribution >= 0.6 is 0 Å². The van der Waals surface area contributed by atoms with Crippen molar-refractivity contribution >= 4 is 5.69 Å². The second-order valence-electron chi connectivity index (χ2n) is 6.43. The fraction of sp³-hybridized carbons (Fsp3) is 0.684. The van der Waals surface area contributed by atoms with Crippen LogP contribution in [0.15, 0.2) is 24.3 Å². The van der Waals surface area contributed by atoms with Gasteiger partial charge in [0, 0.05) is 18.8 Å². The lowest BCUT2D eigenvalue weighted by Gasteiger charge is -2.23. The molecule has 1 rings (SSSR count). The van der Waals surface area contributed by atoms with Crippen molar-refractivity contribution in [2.24, 2.45) is 5.92 Å². The van der Waals surface area contributed by atoms with Gasteiger partial charge in [-0.3, -0.25) is 0 Å². The Morgan fingerprint density at radius 2 is 1.86 bits per heavy atom. The molecule has 0 amide bonds. The summed E-state index contributed by atoms with van der Waals surface area (Å²) >= 11 is 0. The molecule has 1 aromatic rings. The summed E-state index contributed by atoms with van der Waals surface area (Å²) in [5.74, 6) is 0.762. The number of rotatable bonds is 11. The molecule has 2 heteroatoms. The molecule has 0 radical (unpaired) electrons. The topological polar surface area (TPSA) is 15.3 Å². The third-order valence-electron chi connectivity index (χ3n) is 3.83. The van der Waals surface area contributed by atoms with Crippen molar-refractivity contribution in [1.82, 2.24) is 5.32 Å². The highest BCUT2D eigenvalue weighted by molar-refractivity contribution is 5.48. The van der Waals surface area contributed by atoms with E-state index in [1.807, 2.05) is 0 Å². The third-order valence-corrected chi connectivity index (χ3v) is 3.83. The fourth-order valence-corrected chi connectivity index (χ4v) is 2.59. The van der Waals surface area contributed by atoms with Crippen LogP contribution in [-0.2, 0) is 0 Å². The Balaban J connectivity index is 2.13. The van der Waals surface area contributed by atoms with Gasteiger partial charge >= 0.3 is 0 Å². The zero-order valence-electron chi connectivity index (χ0n) is 14.5. The number of aryl methyl sites for hydroxylation is 1. The number of anilines is 1. The second kappa shape index (κ2) is 10.7. The highest BCUT2D eigenvalue weighted by atomic mass is 15.1. The molecule has 21 heavy (non-hydrogen) atoms. The van der Waals surface area contributed by atoms with Gasteiger partial charge in [0.25, 0.3) is 0 Å². The quantitative estimate of drug-likeness (QED) is 0.598. The number of unbranched alkanes of at least 4 members (excludes halogenated alkanes) is 3. The van der Waals surface area contributed by atoms with Gasteiger partial charge in [0.15, 0.2) is 0 Å². The lowest BCUT2D eigenvalue weighted by molar-refractivity contribution is 0.525. The first-order chi connectivity index (χ1) is 10.1. The van der Waals surface area contributed by atoms with Crippen LogP contribution in [0.25, 0.3) is 0 Å². The van der Waals surface area contributed by atoms with E-state index in [1.165, 1.54) is 50.0 Å². The summed E-state index contributed by atoms with van der Waals surface area (Å²) in [7, 11) is 0. The van der Waals surface area contributed by atoms with E-state index in [9.17, 15) is 0 Å². The van der Waals surface area contributed by atoms with Crippen LogP contribution in [0, 0.1) is 12.8 Å². The maximum Gasteiger partial charge on any atom is 0.0368 e. The Morgan fingerprint density at radius 1 is 1.10 bits per heavy atom. The van der Waals surface area contributed by atoms with Crippen LogP contribution in [0.1, 0.15) is 52.0 Å². The van der Waals surface area contributed by atoms with E-state index in [0.29, 0.717) is 0 Å². The van der Waals surface area contributed by atoms with Crippen molar-refractivity contribution in [2.75, 3.05) is 31.1 Å². The average Bonchev–Trinajstić information content (AvgIpc) is 2.45. The minimum atomic E-state index is 0.762.